The Morgan fingerprint density at radius 1 is 1.05 bits per heavy atom. The van der Waals surface area contributed by atoms with Crippen LogP contribution in [0.25, 0.3) is 0 Å². The molecule has 3 heteroatoms. The van der Waals surface area contributed by atoms with E-state index in [2.05, 4.69) is 11.9 Å². The van der Waals surface area contributed by atoms with Crippen LogP contribution in [0, 0.1) is 0 Å². The standard InChI is InChI=1S/C17H18N2O/c1-14(2)18-17(20)19(16-11-7-4-8-12-16)13-15-9-5-3-6-10-15/h3-12H,1,13H2,2H3,(H,18,20). The van der Waals surface area contributed by atoms with Gasteiger partial charge in [0, 0.05) is 11.4 Å². The first-order valence-corrected chi connectivity index (χ1v) is 6.50. The summed E-state index contributed by atoms with van der Waals surface area (Å²) in [4.78, 5) is 14.0. The minimum atomic E-state index is -0.174. The normalized spacial score (nSPS) is 9.85. The van der Waals surface area contributed by atoms with Gasteiger partial charge in [-0.05, 0) is 24.6 Å². The molecule has 0 saturated carbocycles. The Hall–Kier alpha value is -2.55. The summed E-state index contributed by atoms with van der Waals surface area (Å²) in [5.41, 5.74) is 2.56. The molecule has 2 rings (SSSR count). The lowest BCUT2D eigenvalue weighted by molar-refractivity contribution is 0.248. The Bertz CT molecular complexity index is 578. The van der Waals surface area contributed by atoms with Crippen molar-refractivity contribution in [2.45, 2.75) is 13.5 Å². The largest absolute Gasteiger partial charge is 0.326 e. The summed E-state index contributed by atoms with van der Waals surface area (Å²) < 4.78 is 0. The highest BCUT2D eigenvalue weighted by molar-refractivity contribution is 5.92. The van der Waals surface area contributed by atoms with Gasteiger partial charge in [-0.1, -0.05) is 55.1 Å². The van der Waals surface area contributed by atoms with E-state index in [1.54, 1.807) is 11.8 Å². The zero-order valence-corrected chi connectivity index (χ0v) is 11.5. The topological polar surface area (TPSA) is 32.3 Å². The molecule has 102 valence electrons. The first-order chi connectivity index (χ1) is 9.66. The molecule has 0 aromatic heterocycles. The van der Waals surface area contributed by atoms with Crippen LogP contribution in [0.2, 0.25) is 0 Å². The van der Waals surface area contributed by atoms with Crippen molar-refractivity contribution in [1.82, 2.24) is 5.32 Å². The number of hydrogen-bond acceptors (Lipinski definition) is 1. The van der Waals surface area contributed by atoms with E-state index >= 15 is 0 Å². The predicted molar refractivity (Wildman–Crippen MR) is 82.4 cm³/mol. The molecule has 0 atom stereocenters. The second kappa shape index (κ2) is 6.57. The molecule has 0 aliphatic heterocycles. The maximum absolute atomic E-state index is 12.3. The van der Waals surface area contributed by atoms with Crippen LogP contribution >= 0.6 is 0 Å². The summed E-state index contributed by atoms with van der Waals surface area (Å²) in [6.07, 6.45) is 0. The lowest BCUT2D eigenvalue weighted by atomic mass is 10.2. The fraction of sp³-hybridized carbons (Fsp3) is 0.118. The molecule has 2 aromatic carbocycles. The summed E-state index contributed by atoms with van der Waals surface area (Å²) in [6.45, 7) is 6.00. The third-order valence-corrected chi connectivity index (χ3v) is 2.82. The predicted octanol–water partition coefficient (Wildman–Crippen LogP) is 3.94. The number of amides is 2. The second-order valence-corrected chi connectivity index (χ2v) is 4.62. The van der Waals surface area contributed by atoms with Crippen LogP contribution < -0.4 is 10.2 Å². The summed E-state index contributed by atoms with van der Waals surface area (Å²) in [5.74, 6) is 0. The highest BCUT2D eigenvalue weighted by Crippen LogP contribution is 2.17. The number of para-hydroxylation sites is 1. The number of allylic oxidation sites excluding steroid dienone is 1. The SMILES string of the molecule is C=C(C)NC(=O)N(Cc1ccccc1)c1ccccc1. The van der Waals surface area contributed by atoms with Gasteiger partial charge in [-0.3, -0.25) is 4.90 Å². The lowest BCUT2D eigenvalue weighted by Gasteiger charge is -2.23. The van der Waals surface area contributed by atoms with Gasteiger partial charge in [0.05, 0.1) is 6.54 Å². The quantitative estimate of drug-likeness (QED) is 0.893. The van der Waals surface area contributed by atoms with Crippen LogP contribution in [0.5, 0.6) is 0 Å². The fourth-order valence-corrected chi connectivity index (χ4v) is 1.90. The van der Waals surface area contributed by atoms with E-state index in [0.29, 0.717) is 12.2 Å². The van der Waals surface area contributed by atoms with Crippen LogP contribution in [-0.2, 0) is 6.54 Å². The van der Waals surface area contributed by atoms with Gasteiger partial charge >= 0.3 is 6.03 Å². The van der Waals surface area contributed by atoms with Crippen molar-refractivity contribution >= 4 is 11.7 Å². The first-order valence-electron chi connectivity index (χ1n) is 6.50. The molecule has 0 aliphatic rings. The van der Waals surface area contributed by atoms with E-state index in [1.807, 2.05) is 60.7 Å². The monoisotopic (exact) mass is 266 g/mol. The molecule has 2 amide bonds. The highest BCUT2D eigenvalue weighted by Gasteiger charge is 2.15. The number of hydrogen-bond donors (Lipinski definition) is 1. The molecule has 0 heterocycles. The maximum Gasteiger partial charge on any atom is 0.326 e. The van der Waals surface area contributed by atoms with E-state index in [1.165, 1.54) is 0 Å². The van der Waals surface area contributed by atoms with Crippen molar-refractivity contribution in [3.8, 4) is 0 Å². The van der Waals surface area contributed by atoms with Gasteiger partial charge in [-0.2, -0.15) is 0 Å². The van der Waals surface area contributed by atoms with Crippen LogP contribution in [0.15, 0.2) is 72.9 Å². The summed E-state index contributed by atoms with van der Waals surface area (Å²) in [5, 5.41) is 2.75. The second-order valence-electron chi connectivity index (χ2n) is 4.62. The third-order valence-electron chi connectivity index (χ3n) is 2.82. The number of benzene rings is 2. The molecule has 0 radical (unpaired) electrons. The molecule has 3 nitrogen and oxygen atoms in total. The Labute approximate surface area is 119 Å². The van der Waals surface area contributed by atoms with Crippen LogP contribution in [0.4, 0.5) is 10.5 Å². The van der Waals surface area contributed by atoms with E-state index in [0.717, 1.165) is 11.3 Å². The van der Waals surface area contributed by atoms with Crippen molar-refractivity contribution in [2.24, 2.45) is 0 Å². The zero-order valence-electron chi connectivity index (χ0n) is 11.5. The Balaban J connectivity index is 2.25. The van der Waals surface area contributed by atoms with Gasteiger partial charge in [0.25, 0.3) is 0 Å². The van der Waals surface area contributed by atoms with Crippen molar-refractivity contribution in [1.29, 1.82) is 0 Å². The van der Waals surface area contributed by atoms with E-state index in [4.69, 9.17) is 0 Å². The summed E-state index contributed by atoms with van der Waals surface area (Å²) >= 11 is 0. The molecule has 0 fully saturated rings. The number of carbonyl (C=O) groups excluding carboxylic acids is 1. The molecule has 0 spiro atoms. The van der Waals surface area contributed by atoms with Crippen LogP contribution in [0.1, 0.15) is 12.5 Å². The average Bonchev–Trinajstić information content (AvgIpc) is 2.46. The first kappa shape index (κ1) is 13.9. The van der Waals surface area contributed by atoms with Crippen molar-refractivity contribution in [3.05, 3.63) is 78.5 Å². The van der Waals surface area contributed by atoms with Crippen LogP contribution in [-0.4, -0.2) is 6.03 Å². The minimum Gasteiger partial charge on any atom is -0.312 e. The van der Waals surface area contributed by atoms with Gasteiger partial charge in [0.1, 0.15) is 0 Å². The Morgan fingerprint density at radius 2 is 1.60 bits per heavy atom. The third kappa shape index (κ3) is 3.72. The number of urea groups is 1. The molecule has 0 unspecified atom stereocenters. The number of carbonyl (C=O) groups is 1. The molecule has 0 saturated heterocycles. The van der Waals surface area contributed by atoms with E-state index < -0.39 is 0 Å². The van der Waals surface area contributed by atoms with Gasteiger partial charge in [-0.25, -0.2) is 4.79 Å². The fourth-order valence-electron chi connectivity index (χ4n) is 1.90. The molecule has 1 N–H and O–H groups in total. The highest BCUT2D eigenvalue weighted by atomic mass is 16.2. The maximum atomic E-state index is 12.3. The Kier molecular flexibility index (Phi) is 4.56. The summed E-state index contributed by atoms with van der Waals surface area (Å²) in [6, 6.07) is 19.3. The van der Waals surface area contributed by atoms with Gasteiger partial charge in [0.15, 0.2) is 0 Å². The molecule has 20 heavy (non-hydrogen) atoms. The van der Waals surface area contributed by atoms with E-state index in [9.17, 15) is 4.79 Å². The van der Waals surface area contributed by atoms with Crippen molar-refractivity contribution in [3.63, 3.8) is 0 Å². The smallest absolute Gasteiger partial charge is 0.312 e. The number of nitrogens with zero attached hydrogens (tertiary/aromatic N) is 1. The zero-order chi connectivity index (χ0) is 14.4. The number of rotatable bonds is 4. The molecule has 2 aromatic rings. The molecular weight excluding hydrogens is 248 g/mol. The molecule has 0 bridgehead atoms. The minimum absolute atomic E-state index is 0.174. The van der Waals surface area contributed by atoms with Crippen molar-refractivity contribution in [2.75, 3.05) is 4.90 Å². The van der Waals surface area contributed by atoms with Gasteiger partial charge in [0.2, 0.25) is 0 Å². The molecule has 0 aliphatic carbocycles. The van der Waals surface area contributed by atoms with Gasteiger partial charge < -0.3 is 5.32 Å². The lowest BCUT2D eigenvalue weighted by Crippen LogP contribution is -2.38. The summed E-state index contributed by atoms with van der Waals surface area (Å²) in [7, 11) is 0. The van der Waals surface area contributed by atoms with E-state index in [-0.39, 0.29) is 6.03 Å². The number of nitrogens with one attached hydrogen (secondary N) is 1. The number of anilines is 1. The van der Waals surface area contributed by atoms with Crippen LogP contribution in [0.3, 0.4) is 0 Å². The van der Waals surface area contributed by atoms with Gasteiger partial charge in [-0.15, -0.1) is 0 Å². The average molecular weight is 266 g/mol. The Morgan fingerprint density at radius 3 is 2.15 bits per heavy atom. The van der Waals surface area contributed by atoms with Crippen molar-refractivity contribution < 1.29 is 4.79 Å². The molecular formula is C17H18N2O.